The molecular formula is C15H16F2N6O4S. The molecule has 13 heteroatoms. The Morgan fingerprint density at radius 3 is 2.89 bits per heavy atom. The van der Waals surface area contributed by atoms with E-state index in [9.17, 15) is 18.4 Å². The summed E-state index contributed by atoms with van der Waals surface area (Å²) in [5, 5.41) is 12.6. The Labute approximate surface area is 161 Å². The summed E-state index contributed by atoms with van der Waals surface area (Å²) < 4.78 is 34.5. The van der Waals surface area contributed by atoms with Crippen LogP contribution < -0.4 is 26.7 Å². The van der Waals surface area contributed by atoms with Gasteiger partial charge in [-0.25, -0.2) is 18.6 Å². The largest absolute Gasteiger partial charge is 0.488 e. The van der Waals surface area contributed by atoms with Gasteiger partial charge in [0.15, 0.2) is 5.76 Å². The van der Waals surface area contributed by atoms with Crippen molar-refractivity contribution in [3.63, 3.8) is 0 Å². The second kappa shape index (κ2) is 9.55. The van der Waals surface area contributed by atoms with Crippen LogP contribution in [0.25, 0.3) is 0 Å². The standard InChI is InChI=1S/C15H16F2N6O4S/c1-7(3-4-18)20-14-22-23-15(28-14)21-12(24)9-5-8(19-6-10(16)17)11(26-2)13(25)27-9/h3-5,10,19H,6,18H2,1-2H3,(H,21,23,24). The number of ether oxygens (including phenoxy) is 1. The van der Waals surface area contributed by atoms with Crippen LogP contribution in [-0.2, 0) is 0 Å². The number of anilines is 2. The van der Waals surface area contributed by atoms with E-state index in [1.165, 1.54) is 13.3 Å². The Morgan fingerprint density at radius 2 is 2.25 bits per heavy atom. The summed E-state index contributed by atoms with van der Waals surface area (Å²) in [6.07, 6.45) is 0.195. The van der Waals surface area contributed by atoms with Crippen LogP contribution in [0, 0.1) is 0 Å². The number of methoxy groups -OCH3 is 1. The van der Waals surface area contributed by atoms with Crippen molar-refractivity contribution in [3.05, 3.63) is 34.5 Å². The highest BCUT2D eigenvalue weighted by atomic mass is 32.1. The number of alkyl halides is 2. The van der Waals surface area contributed by atoms with E-state index < -0.39 is 30.3 Å². The van der Waals surface area contributed by atoms with Crippen LogP contribution in [-0.4, -0.2) is 41.9 Å². The third-order valence-electron chi connectivity index (χ3n) is 3.03. The summed E-state index contributed by atoms with van der Waals surface area (Å²) in [5.74, 6) is -1.58. The lowest BCUT2D eigenvalue weighted by atomic mass is 10.3. The minimum Gasteiger partial charge on any atom is -0.488 e. The van der Waals surface area contributed by atoms with Crippen molar-refractivity contribution >= 4 is 38.9 Å². The molecule has 2 aromatic rings. The monoisotopic (exact) mass is 414 g/mol. The van der Waals surface area contributed by atoms with Gasteiger partial charge in [-0.3, -0.25) is 10.1 Å². The van der Waals surface area contributed by atoms with E-state index in [-0.39, 0.29) is 21.7 Å². The Balaban J connectivity index is 2.21. The molecule has 2 rings (SSSR count). The molecule has 0 spiro atoms. The Kier molecular flexibility index (Phi) is 7.14. The lowest BCUT2D eigenvalue weighted by molar-refractivity contribution is 0.0991. The fraction of sp³-hybridized carbons (Fsp3) is 0.267. The van der Waals surface area contributed by atoms with Crippen molar-refractivity contribution in [1.29, 1.82) is 0 Å². The average molecular weight is 414 g/mol. The van der Waals surface area contributed by atoms with Crippen molar-refractivity contribution in [3.8, 4) is 5.75 Å². The molecule has 0 radical (unpaired) electrons. The van der Waals surface area contributed by atoms with Gasteiger partial charge in [-0.1, -0.05) is 11.3 Å². The second-order valence-corrected chi connectivity index (χ2v) is 6.03. The van der Waals surface area contributed by atoms with Gasteiger partial charge in [0.05, 0.1) is 19.3 Å². The molecule has 0 aliphatic carbocycles. The SMILES string of the molecule is COc1c(NCC(F)F)cc(C(=O)Nc2nnc(N=C(C)C=CN)s2)oc1=O. The maximum atomic E-state index is 12.4. The van der Waals surface area contributed by atoms with E-state index in [0.717, 1.165) is 17.4 Å². The van der Waals surface area contributed by atoms with Crippen molar-refractivity contribution in [1.82, 2.24) is 10.2 Å². The summed E-state index contributed by atoms with van der Waals surface area (Å²) in [4.78, 5) is 28.3. The Hall–Kier alpha value is -3.35. The molecule has 1 amide bonds. The molecule has 0 bridgehead atoms. The van der Waals surface area contributed by atoms with E-state index in [0.29, 0.717) is 5.71 Å². The van der Waals surface area contributed by atoms with Crippen LogP contribution in [0.3, 0.4) is 0 Å². The number of nitrogens with two attached hydrogens (primary N) is 1. The maximum absolute atomic E-state index is 12.4. The zero-order valence-electron chi connectivity index (χ0n) is 14.7. The number of carbonyl (C=O) groups excluding carboxylic acids is 1. The first kappa shape index (κ1) is 21.0. The first-order chi connectivity index (χ1) is 13.3. The molecule has 10 nitrogen and oxygen atoms in total. The quantitative estimate of drug-likeness (QED) is 0.556. The molecule has 0 aliphatic heterocycles. The third kappa shape index (κ3) is 5.57. The highest BCUT2D eigenvalue weighted by Gasteiger charge is 2.19. The molecule has 0 aliphatic rings. The van der Waals surface area contributed by atoms with E-state index in [1.54, 1.807) is 13.0 Å². The lowest BCUT2D eigenvalue weighted by Crippen LogP contribution is -2.19. The molecule has 0 saturated carbocycles. The van der Waals surface area contributed by atoms with Crippen LogP contribution in [0.1, 0.15) is 17.5 Å². The normalized spacial score (nSPS) is 11.8. The summed E-state index contributed by atoms with van der Waals surface area (Å²) in [5.41, 5.74) is 4.73. The van der Waals surface area contributed by atoms with Gasteiger partial charge in [0, 0.05) is 11.8 Å². The number of aromatic nitrogens is 2. The van der Waals surface area contributed by atoms with Gasteiger partial charge in [0.2, 0.25) is 16.0 Å². The van der Waals surface area contributed by atoms with E-state index in [4.69, 9.17) is 14.9 Å². The van der Waals surface area contributed by atoms with Gasteiger partial charge >= 0.3 is 5.63 Å². The van der Waals surface area contributed by atoms with Gasteiger partial charge in [-0.05, 0) is 19.2 Å². The predicted octanol–water partition coefficient (Wildman–Crippen LogP) is 1.99. The molecular weight excluding hydrogens is 398 g/mol. The van der Waals surface area contributed by atoms with E-state index in [1.807, 2.05) is 0 Å². The summed E-state index contributed by atoms with van der Waals surface area (Å²) in [6.45, 7) is 0.957. The Morgan fingerprint density at radius 1 is 1.50 bits per heavy atom. The lowest BCUT2D eigenvalue weighted by Gasteiger charge is -2.10. The van der Waals surface area contributed by atoms with Crippen molar-refractivity contribution in [2.24, 2.45) is 10.7 Å². The molecule has 2 aromatic heterocycles. The number of halogens is 2. The molecule has 0 saturated heterocycles. The van der Waals surface area contributed by atoms with Crippen LogP contribution >= 0.6 is 11.3 Å². The number of aliphatic imine (C=N–C) groups is 1. The third-order valence-corrected chi connectivity index (χ3v) is 3.76. The maximum Gasteiger partial charge on any atom is 0.381 e. The van der Waals surface area contributed by atoms with Gasteiger partial charge in [-0.15, -0.1) is 10.2 Å². The van der Waals surface area contributed by atoms with E-state index in [2.05, 4.69) is 25.8 Å². The smallest absolute Gasteiger partial charge is 0.381 e. The summed E-state index contributed by atoms with van der Waals surface area (Å²) in [6, 6.07) is 1.08. The minimum absolute atomic E-state index is 0.0915. The molecule has 0 atom stereocenters. The topological polar surface area (TPSA) is 145 Å². The fourth-order valence-electron chi connectivity index (χ4n) is 1.90. The molecule has 4 N–H and O–H groups in total. The molecule has 150 valence electrons. The number of amides is 1. The van der Waals surface area contributed by atoms with Gasteiger partial charge < -0.3 is 20.2 Å². The number of allylic oxidation sites excluding steroid dienone is 1. The zero-order valence-corrected chi connectivity index (χ0v) is 15.5. The fourth-order valence-corrected chi connectivity index (χ4v) is 2.57. The highest BCUT2D eigenvalue weighted by molar-refractivity contribution is 7.18. The number of hydrogen-bond donors (Lipinski definition) is 3. The number of nitrogens with zero attached hydrogens (tertiary/aromatic N) is 3. The summed E-state index contributed by atoms with van der Waals surface area (Å²) in [7, 11) is 1.17. The molecule has 28 heavy (non-hydrogen) atoms. The number of hydrogen-bond acceptors (Lipinski definition) is 10. The van der Waals surface area contributed by atoms with Crippen molar-refractivity contribution in [2.45, 2.75) is 13.3 Å². The van der Waals surface area contributed by atoms with E-state index >= 15 is 0 Å². The van der Waals surface area contributed by atoms with Crippen molar-refractivity contribution in [2.75, 3.05) is 24.3 Å². The summed E-state index contributed by atoms with van der Waals surface area (Å²) >= 11 is 0.965. The van der Waals surface area contributed by atoms with Gasteiger partial charge in [0.25, 0.3) is 12.3 Å². The molecule has 0 fully saturated rings. The Bertz CT molecular complexity index is 956. The van der Waals surface area contributed by atoms with Crippen LogP contribution in [0.15, 0.2) is 32.5 Å². The van der Waals surface area contributed by atoms with Gasteiger partial charge in [-0.2, -0.15) is 0 Å². The van der Waals surface area contributed by atoms with Gasteiger partial charge in [0.1, 0.15) is 0 Å². The highest BCUT2D eigenvalue weighted by Crippen LogP contribution is 2.25. The number of nitrogens with one attached hydrogen (secondary N) is 2. The minimum atomic E-state index is -2.67. The van der Waals surface area contributed by atoms with Crippen molar-refractivity contribution < 1.29 is 22.7 Å². The average Bonchev–Trinajstić information content (AvgIpc) is 3.06. The van der Waals surface area contributed by atoms with Crippen LogP contribution in [0.5, 0.6) is 5.75 Å². The predicted molar refractivity (Wildman–Crippen MR) is 100.0 cm³/mol. The first-order valence-electron chi connectivity index (χ1n) is 7.66. The second-order valence-electron chi connectivity index (χ2n) is 5.07. The molecule has 2 heterocycles. The molecule has 0 aromatic carbocycles. The number of carbonyl (C=O) groups is 1. The first-order valence-corrected chi connectivity index (χ1v) is 8.48. The molecule has 0 unspecified atom stereocenters. The van der Waals surface area contributed by atoms with Crippen LogP contribution in [0.4, 0.5) is 24.7 Å². The number of rotatable bonds is 8. The zero-order chi connectivity index (χ0) is 20.7. The van der Waals surface area contributed by atoms with Crippen LogP contribution in [0.2, 0.25) is 0 Å².